The van der Waals surface area contributed by atoms with E-state index in [0.717, 1.165) is 12.1 Å². The molecule has 0 fully saturated rings. The van der Waals surface area contributed by atoms with Crippen molar-refractivity contribution in [2.24, 2.45) is 0 Å². The minimum atomic E-state index is -4.40. The number of nitrogens with zero attached hydrogens (tertiary/aromatic N) is 3. The van der Waals surface area contributed by atoms with Gasteiger partial charge < -0.3 is 9.73 Å². The molecule has 0 aliphatic carbocycles. The summed E-state index contributed by atoms with van der Waals surface area (Å²) < 4.78 is 44.0. The number of nitrogens with one attached hydrogen (secondary N) is 1. The van der Waals surface area contributed by atoms with Gasteiger partial charge in [0.25, 0.3) is 5.71 Å². The molecule has 0 aliphatic heterocycles. The van der Waals surface area contributed by atoms with E-state index in [1.807, 2.05) is 0 Å². The van der Waals surface area contributed by atoms with E-state index in [1.165, 1.54) is 12.1 Å². The van der Waals surface area contributed by atoms with E-state index in [-0.39, 0.29) is 12.1 Å². The fraction of sp³-hybridized carbons (Fsp3) is 0.150. The van der Waals surface area contributed by atoms with Crippen LogP contribution in [-0.4, -0.2) is 15.0 Å². The number of fused-ring (bicyclic) bond motifs is 1. The van der Waals surface area contributed by atoms with E-state index in [9.17, 15) is 13.2 Å². The molecular formula is C20H13Cl2F3N4O. The summed E-state index contributed by atoms with van der Waals surface area (Å²) in [4.78, 5) is 13.0. The summed E-state index contributed by atoms with van der Waals surface area (Å²) in [6.45, 7) is 1.67. The highest BCUT2D eigenvalue weighted by atomic mass is 35.5. The third-order valence-corrected chi connectivity index (χ3v) is 4.99. The molecule has 0 radical (unpaired) electrons. The van der Waals surface area contributed by atoms with Crippen LogP contribution in [-0.2, 0) is 12.6 Å². The molecule has 0 amide bonds. The minimum absolute atomic E-state index is 0.244. The van der Waals surface area contributed by atoms with Gasteiger partial charge in [-0.25, -0.2) is 9.97 Å². The molecule has 0 saturated carbocycles. The van der Waals surface area contributed by atoms with Gasteiger partial charge in [-0.05, 0) is 48.9 Å². The first-order valence-electron chi connectivity index (χ1n) is 8.72. The van der Waals surface area contributed by atoms with Crippen molar-refractivity contribution >= 4 is 45.9 Å². The number of aryl methyl sites for hydroxylation is 1. The Labute approximate surface area is 178 Å². The Morgan fingerprint density at radius 1 is 0.967 bits per heavy atom. The van der Waals surface area contributed by atoms with Gasteiger partial charge in [-0.15, -0.1) is 0 Å². The number of oxazole rings is 1. The van der Waals surface area contributed by atoms with Crippen LogP contribution in [0.3, 0.4) is 0 Å². The third-order valence-electron chi connectivity index (χ3n) is 4.28. The van der Waals surface area contributed by atoms with Crippen LogP contribution >= 0.6 is 23.2 Å². The number of alkyl halides is 3. The molecule has 10 heteroatoms. The van der Waals surface area contributed by atoms with Gasteiger partial charge in [0.2, 0.25) is 5.89 Å². The fourth-order valence-corrected chi connectivity index (χ4v) is 3.40. The maximum Gasteiger partial charge on any atom is 0.416 e. The second-order valence-electron chi connectivity index (χ2n) is 6.46. The van der Waals surface area contributed by atoms with Gasteiger partial charge in [0, 0.05) is 15.7 Å². The summed E-state index contributed by atoms with van der Waals surface area (Å²) in [5, 5.41) is 3.94. The lowest BCUT2D eigenvalue weighted by Crippen LogP contribution is -2.05. The number of hydrogen-bond acceptors (Lipinski definition) is 5. The summed E-state index contributed by atoms with van der Waals surface area (Å²) in [7, 11) is 0. The van der Waals surface area contributed by atoms with Crippen LogP contribution in [0.5, 0.6) is 0 Å². The number of rotatable bonds is 4. The van der Waals surface area contributed by atoms with Crippen molar-refractivity contribution in [1.29, 1.82) is 0 Å². The average Bonchev–Trinajstić information content (AvgIpc) is 3.07. The smallest absolute Gasteiger partial charge is 0.416 e. The Bertz CT molecular complexity index is 1200. The maximum absolute atomic E-state index is 12.8. The molecule has 4 aromatic rings. The monoisotopic (exact) mass is 452 g/mol. The van der Waals surface area contributed by atoms with Gasteiger partial charge in [-0.2, -0.15) is 18.2 Å². The lowest BCUT2D eigenvalue weighted by atomic mass is 10.1. The van der Waals surface area contributed by atoms with Crippen molar-refractivity contribution in [1.82, 2.24) is 15.0 Å². The Hall–Kier alpha value is -2.84. The molecule has 0 spiro atoms. The topological polar surface area (TPSA) is 63.8 Å². The zero-order valence-corrected chi connectivity index (χ0v) is 16.9. The van der Waals surface area contributed by atoms with Gasteiger partial charge in [-0.3, -0.25) is 0 Å². The first-order valence-corrected chi connectivity index (χ1v) is 9.47. The van der Waals surface area contributed by atoms with Gasteiger partial charge in [0.05, 0.1) is 12.0 Å². The molecular weight excluding hydrogens is 440 g/mol. The summed E-state index contributed by atoms with van der Waals surface area (Å²) >= 11 is 12.4. The van der Waals surface area contributed by atoms with Crippen LogP contribution in [0.15, 0.2) is 46.9 Å². The molecule has 0 bridgehead atoms. The minimum Gasteiger partial charge on any atom is -0.422 e. The Morgan fingerprint density at radius 2 is 1.63 bits per heavy atom. The largest absolute Gasteiger partial charge is 0.422 e. The quantitative estimate of drug-likeness (QED) is 0.378. The molecule has 2 aromatic heterocycles. The van der Waals surface area contributed by atoms with Crippen LogP contribution < -0.4 is 5.32 Å². The van der Waals surface area contributed by atoms with E-state index in [2.05, 4.69) is 20.3 Å². The van der Waals surface area contributed by atoms with Gasteiger partial charge in [-0.1, -0.05) is 29.3 Å². The molecule has 30 heavy (non-hydrogen) atoms. The van der Waals surface area contributed by atoms with Crippen molar-refractivity contribution in [3.05, 3.63) is 75.4 Å². The number of benzene rings is 2. The second-order valence-corrected chi connectivity index (χ2v) is 7.27. The van der Waals surface area contributed by atoms with Crippen molar-refractivity contribution < 1.29 is 17.6 Å². The molecule has 1 N–H and O–H groups in total. The molecule has 0 atom stereocenters. The van der Waals surface area contributed by atoms with E-state index in [1.54, 1.807) is 25.1 Å². The van der Waals surface area contributed by atoms with Crippen LogP contribution in [0.4, 0.5) is 24.7 Å². The maximum atomic E-state index is 12.8. The lowest BCUT2D eigenvalue weighted by Gasteiger charge is -2.09. The van der Waals surface area contributed by atoms with Crippen molar-refractivity contribution in [2.75, 3.05) is 5.32 Å². The normalized spacial score (nSPS) is 11.8. The molecule has 2 aromatic carbocycles. The molecule has 5 nitrogen and oxygen atoms in total. The Morgan fingerprint density at radius 3 is 2.27 bits per heavy atom. The van der Waals surface area contributed by atoms with Gasteiger partial charge in [0.15, 0.2) is 11.3 Å². The zero-order chi connectivity index (χ0) is 21.5. The summed E-state index contributed by atoms with van der Waals surface area (Å²) in [6.07, 6.45) is -4.16. The molecule has 4 rings (SSSR count). The standard InChI is InChI=1S/C20H13Cl2F3N4O/c1-10-26-18(28-12-7-5-11(6-8-12)20(23,24)25)17-19(27-10)30-16(29-17)9-13-14(21)3-2-4-15(13)22/h2-8H,9H2,1H3,(H,26,27,28). The summed E-state index contributed by atoms with van der Waals surface area (Å²) in [5.74, 6) is 1.06. The highest BCUT2D eigenvalue weighted by molar-refractivity contribution is 6.36. The summed E-state index contributed by atoms with van der Waals surface area (Å²) in [6, 6.07) is 9.77. The molecule has 0 saturated heterocycles. The lowest BCUT2D eigenvalue weighted by molar-refractivity contribution is -0.137. The number of aromatic nitrogens is 3. The van der Waals surface area contributed by atoms with Crippen LogP contribution in [0.2, 0.25) is 10.0 Å². The van der Waals surface area contributed by atoms with Crippen LogP contribution in [0.1, 0.15) is 22.8 Å². The predicted octanol–water partition coefficient (Wildman–Crippen LogP) is 6.59. The number of halogens is 5. The van der Waals surface area contributed by atoms with E-state index < -0.39 is 11.7 Å². The van der Waals surface area contributed by atoms with Gasteiger partial charge >= 0.3 is 6.18 Å². The first kappa shape index (κ1) is 20.4. The molecule has 154 valence electrons. The average molecular weight is 453 g/mol. The highest BCUT2D eigenvalue weighted by Crippen LogP contribution is 2.32. The predicted molar refractivity (Wildman–Crippen MR) is 108 cm³/mol. The van der Waals surface area contributed by atoms with E-state index in [0.29, 0.717) is 44.3 Å². The third kappa shape index (κ3) is 4.20. The Balaban J connectivity index is 1.67. The summed E-state index contributed by atoms with van der Waals surface area (Å²) in [5.41, 5.74) is 0.932. The fourth-order valence-electron chi connectivity index (χ4n) is 2.87. The Kier molecular flexibility index (Phi) is 5.29. The van der Waals surface area contributed by atoms with Crippen LogP contribution in [0, 0.1) is 6.92 Å². The van der Waals surface area contributed by atoms with Crippen LogP contribution in [0.25, 0.3) is 11.2 Å². The molecule has 0 unspecified atom stereocenters. The van der Waals surface area contributed by atoms with Crippen molar-refractivity contribution in [3.8, 4) is 0 Å². The van der Waals surface area contributed by atoms with Gasteiger partial charge in [0.1, 0.15) is 5.82 Å². The first-order chi connectivity index (χ1) is 14.2. The second kappa shape index (κ2) is 7.77. The van der Waals surface area contributed by atoms with E-state index >= 15 is 0 Å². The highest BCUT2D eigenvalue weighted by Gasteiger charge is 2.30. The zero-order valence-electron chi connectivity index (χ0n) is 15.4. The van der Waals surface area contributed by atoms with Crippen molar-refractivity contribution in [3.63, 3.8) is 0 Å². The van der Waals surface area contributed by atoms with Crippen molar-refractivity contribution in [2.45, 2.75) is 19.5 Å². The molecule has 0 aliphatic rings. The molecule has 2 heterocycles. The SMILES string of the molecule is Cc1nc(Nc2ccc(C(F)(F)F)cc2)c2nc(Cc3c(Cl)cccc3Cl)oc2n1. The number of anilines is 2. The number of hydrogen-bond donors (Lipinski definition) is 1. The van der Waals surface area contributed by atoms with E-state index in [4.69, 9.17) is 27.6 Å².